The first-order valence-corrected chi connectivity index (χ1v) is 6.09. The summed E-state index contributed by atoms with van der Waals surface area (Å²) in [6.45, 7) is 0.865. The van der Waals surface area contributed by atoms with Gasteiger partial charge in [-0.15, -0.1) is 0 Å². The highest BCUT2D eigenvalue weighted by Crippen LogP contribution is 2.21. The summed E-state index contributed by atoms with van der Waals surface area (Å²) >= 11 is 5.82. The van der Waals surface area contributed by atoms with Crippen molar-refractivity contribution in [1.82, 2.24) is 10.1 Å². The van der Waals surface area contributed by atoms with E-state index in [9.17, 15) is 0 Å². The van der Waals surface area contributed by atoms with Gasteiger partial charge in [0.15, 0.2) is 0 Å². The quantitative estimate of drug-likeness (QED) is 0.904. The first kappa shape index (κ1) is 11.2. The molecule has 0 saturated carbocycles. The zero-order valence-corrected chi connectivity index (χ0v) is 10.3. The summed E-state index contributed by atoms with van der Waals surface area (Å²) in [5.41, 5.74) is 0.841. The Hall–Kier alpha value is -1.88. The Balaban J connectivity index is 1.78. The Kier molecular flexibility index (Phi) is 2.98. The molecule has 1 aromatic heterocycles. The fraction of sp³-hybridized carbons (Fsp3) is 0.250. The Labute approximate surface area is 109 Å². The van der Waals surface area contributed by atoms with E-state index in [1.165, 1.54) is 0 Å². The summed E-state index contributed by atoms with van der Waals surface area (Å²) in [5, 5.41) is 7.60. The van der Waals surface area contributed by atoms with Gasteiger partial charge in [0.2, 0.25) is 0 Å². The highest BCUT2D eigenvalue weighted by atomic mass is 35.5. The Morgan fingerprint density at radius 3 is 2.78 bits per heavy atom. The number of amidine groups is 1. The number of nitrogens with one attached hydrogen (secondary N) is 1. The third-order valence-electron chi connectivity index (χ3n) is 2.65. The molecule has 0 fully saturated rings. The van der Waals surface area contributed by atoms with Crippen molar-refractivity contribution in [2.75, 3.05) is 11.9 Å². The van der Waals surface area contributed by atoms with Crippen LogP contribution in [-0.2, 0) is 0 Å². The van der Waals surface area contributed by atoms with Crippen molar-refractivity contribution >= 4 is 23.4 Å². The lowest BCUT2D eigenvalue weighted by Gasteiger charge is -1.97. The number of hydrogen-bond donors (Lipinski definition) is 1. The van der Waals surface area contributed by atoms with Crippen molar-refractivity contribution in [1.29, 1.82) is 0 Å². The summed E-state index contributed by atoms with van der Waals surface area (Å²) in [5.74, 6) is 1.83. The molecule has 0 aliphatic carbocycles. The van der Waals surface area contributed by atoms with Crippen LogP contribution in [0.15, 0.2) is 33.8 Å². The van der Waals surface area contributed by atoms with E-state index >= 15 is 0 Å². The average Bonchev–Trinajstić information content (AvgIpc) is 3.02. The molecule has 92 valence electrons. The molecule has 0 bridgehead atoms. The van der Waals surface area contributed by atoms with Crippen molar-refractivity contribution in [3.63, 3.8) is 0 Å². The summed E-state index contributed by atoms with van der Waals surface area (Å²) in [4.78, 5) is 8.55. The number of anilines is 1. The lowest BCUT2D eigenvalue weighted by Crippen LogP contribution is -2.09. The number of aromatic nitrogens is 2. The van der Waals surface area contributed by atoms with Crippen LogP contribution in [0.5, 0.6) is 0 Å². The largest absolute Gasteiger partial charge is 0.332 e. The zero-order valence-electron chi connectivity index (χ0n) is 9.56. The molecule has 0 unspecified atom stereocenters. The maximum atomic E-state index is 5.82. The van der Waals surface area contributed by atoms with Gasteiger partial charge in [0.05, 0.1) is 0 Å². The molecule has 5 nitrogen and oxygen atoms in total. The van der Waals surface area contributed by atoms with Crippen LogP contribution in [-0.4, -0.2) is 22.5 Å². The Bertz CT molecular complexity index is 576. The normalized spacial score (nSPS) is 14.6. The maximum absolute atomic E-state index is 5.82. The highest BCUT2D eigenvalue weighted by molar-refractivity contribution is 6.30. The van der Waals surface area contributed by atoms with Crippen LogP contribution in [0.4, 0.5) is 5.95 Å². The first-order chi connectivity index (χ1) is 8.81. The number of aliphatic imine (C=N–C) groups is 1. The van der Waals surface area contributed by atoms with Gasteiger partial charge < -0.3 is 9.84 Å². The number of nitrogens with zero attached hydrogens (tertiary/aromatic N) is 3. The van der Waals surface area contributed by atoms with Crippen molar-refractivity contribution < 1.29 is 4.52 Å². The monoisotopic (exact) mass is 262 g/mol. The summed E-state index contributed by atoms with van der Waals surface area (Å²) < 4.78 is 5.18. The van der Waals surface area contributed by atoms with E-state index in [4.69, 9.17) is 16.1 Å². The number of halogens is 1. The van der Waals surface area contributed by atoms with E-state index in [0.717, 1.165) is 30.8 Å². The van der Waals surface area contributed by atoms with Crippen molar-refractivity contribution in [2.24, 2.45) is 4.99 Å². The van der Waals surface area contributed by atoms with Crippen LogP contribution in [0.2, 0.25) is 5.02 Å². The maximum Gasteiger partial charge on any atom is 0.269 e. The molecule has 18 heavy (non-hydrogen) atoms. The second kappa shape index (κ2) is 4.78. The minimum Gasteiger partial charge on any atom is -0.332 e. The van der Waals surface area contributed by atoms with Crippen molar-refractivity contribution in [3.05, 3.63) is 29.3 Å². The standard InChI is InChI=1S/C12H11ClN4O/c13-9-5-3-8(4-6-9)11-16-12(17-18-11)15-10-2-1-7-14-10/h3-6H,1-2,7H2,(H,14,15,17). The van der Waals surface area contributed by atoms with Crippen molar-refractivity contribution in [3.8, 4) is 11.5 Å². The molecule has 0 atom stereocenters. The van der Waals surface area contributed by atoms with Crippen LogP contribution in [0.3, 0.4) is 0 Å². The third-order valence-corrected chi connectivity index (χ3v) is 2.90. The third kappa shape index (κ3) is 2.36. The van der Waals surface area contributed by atoms with Gasteiger partial charge in [-0.2, -0.15) is 4.98 Å². The van der Waals surface area contributed by atoms with E-state index in [1.54, 1.807) is 12.1 Å². The number of rotatable bonds is 2. The molecule has 1 aliphatic rings. The van der Waals surface area contributed by atoms with Gasteiger partial charge in [0.25, 0.3) is 11.8 Å². The molecule has 3 rings (SSSR count). The molecule has 1 aliphatic heterocycles. The van der Waals surface area contributed by atoms with Gasteiger partial charge in [0.1, 0.15) is 5.84 Å². The highest BCUT2D eigenvalue weighted by Gasteiger charge is 2.12. The molecule has 0 spiro atoms. The first-order valence-electron chi connectivity index (χ1n) is 5.71. The van der Waals surface area contributed by atoms with Gasteiger partial charge in [0, 0.05) is 23.6 Å². The Morgan fingerprint density at radius 2 is 2.06 bits per heavy atom. The predicted molar refractivity (Wildman–Crippen MR) is 69.9 cm³/mol. The van der Waals surface area contributed by atoms with Gasteiger partial charge in [-0.1, -0.05) is 11.6 Å². The smallest absolute Gasteiger partial charge is 0.269 e. The minimum absolute atomic E-state index is 0.445. The summed E-state index contributed by atoms with van der Waals surface area (Å²) in [6, 6.07) is 7.25. The van der Waals surface area contributed by atoms with Gasteiger partial charge >= 0.3 is 0 Å². The number of hydrogen-bond acceptors (Lipinski definition) is 5. The second-order valence-corrected chi connectivity index (χ2v) is 4.42. The molecule has 2 heterocycles. The zero-order chi connectivity index (χ0) is 12.4. The van der Waals surface area contributed by atoms with Crippen LogP contribution in [0, 0.1) is 0 Å². The topological polar surface area (TPSA) is 63.3 Å². The molecule has 2 aromatic rings. The number of benzene rings is 1. The van der Waals surface area contributed by atoms with Crippen LogP contribution >= 0.6 is 11.6 Å². The molecule has 0 radical (unpaired) electrons. The predicted octanol–water partition coefficient (Wildman–Crippen LogP) is 2.99. The molecule has 1 aromatic carbocycles. The molecule has 6 heteroatoms. The van der Waals surface area contributed by atoms with E-state index in [2.05, 4.69) is 20.4 Å². The molecule has 0 saturated heterocycles. The van der Waals surface area contributed by atoms with E-state index in [1.807, 2.05) is 12.1 Å². The SMILES string of the molecule is Clc1ccc(-c2nc(NC3=NCCC3)no2)cc1. The van der Waals surface area contributed by atoms with Crippen molar-refractivity contribution in [2.45, 2.75) is 12.8 Å². The molecule has 0 amide bonds. The van der Waals surface area contributed by atoms with Crippen LogP contribution in [0.25, 0.3) is 11.5 Å². The van der Waals surface area contributed by atoms with Gasteiger partial charge in [-0.3, -0.25) is 4.99 Å². The van der Waals surface area contributed by atoms with E-state index < -0.39 is 0 Å². The minimum atomic E-state index is 0.445. The van der Waals surface area contributed by atoms with Gasteiger partial charge in [-0.05, 0) is 35.8 Å². The summed E-state index contributed by atoms with van der Waals surface area (Å²) in [7, 11) is 0. The average molecular weight is 263 g/mol. The molecule has 1 N–H and O–H groups in total. The van der Waals surface area contributed by atoms with Crippen LogP contribution in [0.1, 0.15) is 12.8 Å². The lowest BCUT2D eigenvalue weighted by atomic mass is 10.2. The fourth-order valence-electron chi connectivity index (χ4n) is 1.75. The molecular weight excluding hydrogens is 252 g/mol. The molecular formula is C12H11ClN4O. The lowest BCUT2D eigenvalue weighted by molar-refractivity contribution is 0.433. The van der Waals surface area contributed by atoms with Gasteiger partial charge in [-0.25, -0.2) is 0 Å². The fourth-order valence-corrected chi connectivity index (χ4v) is 1.88. The Morgan fingerprint density at radius 1 is 1.22 bits per heavy atom. The van der Waals surface area contributed by atoms with E-state index in [-0.39, 0.29) is 0 Å². The second-order valence-electron chi connectivity index (χ2n) is 3.99. The summed E-state index contributed by atoms with van der Waals surface area (Å²) in [6.07, 6.45) is 2.01. The van der Waals surface area contributed by atoms with Crippen LogP contribution < -0.4 is 5.32 Å². The van der Waals surface area contributed by atoms with E-state index in [0.29, 0.717) is 16.9 Å².